The van der Waals surface area contributed by atoms with Crippen LogP contribution in [-0.4, -0.2) is 28.9 Å². The van der Waals surface area contributed by atoms with Gasteiger partial charge in [-0.25, -0.2) is 0 Å². The van der Waals surface area contributed by atoms with Gasteiger partial charge in [0.05, 0.1) is 5.41 Å². The monoisotopic (exact) mass is 512 g/mol. The fourth-order valence-electron chi connectivity index (χ4n) is 10.8. The molecule has 0 aromatic rings. The first kappa shape index (κ1) is 26.9. The van der Waals surface area contributed by atoms with Crippen LogP contribution in [-0.2, 0) is 19.1 Å². The molecule has 4 fully saturated rings. The minimum Gasteiger partial charge on any atom is -0.481 e. The van der Waals surface area contributed by atoms with E-state index in [9.17, 15) is 19.5 Å². The van der Waals surface area contributed by atoms with Gasteiger partial charge in [0.25, 0.3) is 0 Å². The number of carbonyl (C=O) groups is 3. The van der Waals surface area contributed by atoms with E-state index < -0.39 is 11.4 Å². The first-order chi connectivity index (χ1) is 16.9. The highest BCUT2D eigenvalue weighted by molar-refractivity contribution is 5.95. The summed E-state index contributed by atoms with van der Waals surface area (Å²) in [5.41, 5.74) is -0.0327. The number of hydrogen-bond donors (Lipinski definition) is 1. The number of carboxylic acid groups (broad SMARTS) is 1. The van der Waals surface area contributed by atoms with Crippen molar-refractivity contribution >= 4 is 17.7 Å². The molecular formula is C32H48O5. The van der Waals surface area contributed by atoms with Crippen molar-refractivity contribution in [3.8, 4) is 0 Å². The Morgan fingerprint density at radius 3 is 2.19 bits per heavy atom. The van der Waals surface area contributed by atoms with Gasteiger partial charge in [-0.15, -0.1) is 0 Å². The second-order valence-electron chi connectivity index (χ2n) is 15.5. The van der Waals surface area contributed by atoms with Crippen LogP contribution in [0.2, 0.25) is 0 Å². The highest BCUT2D eigenvalue weighted by Crippen LogP contribution is 2.75. The number of esters is 1. The Morgan fingerprint density at radius 2 is 1.57 bits per heavy atom. The van der Waals surface area contributed by atoms with Crippen LogP contribution in [0.3, 0.4) is 0 Å². The number of carboxylic acids is 1. The third kappa shape index (κ3) is 3.43. The number of hydrogen-bond acceptors (Lipinski definition) is 4. The molecule has 1 N–H and O–H groups in total. The van der Waals surface area contributed by atoms with Gasteiger partial charge in [-0.2, -0.15) is 0 Å². The zero-order valence-electron chi connectivity index (χ0n) is 24.3. The molecule has 0 spiro atoms. The summed E-state index contributed by atoms with van der Waals surface area (Å²) in [4.78, 5) is 38.5. The first-order valence-electron chi connectivity index (χ1n) is 14.6. The van der Waals surface area contributed by atoms with Crippen molar-refractivity contribution in [1.82, 2.24) is 0 Å². The SMILES string of the molecule is CC(=O)O[C@H]1CC[C@@]2(C)[C@H](CC[C@]3(C)[C@@H]2C(=O)C=C2[C@H]4C[C@](C)(C(=O)O)CC[C@]4(C)CC[C@]23C)C1(C)C. The van der Waals surface area contributed by atoms with Gasteiger partial charge >= 0.3 is 11.9 Å². The van der Waals surface area contributed by atoms with E-state index in [1.165, 1.54) is 12.5 Å². The van der Waals surface area contributed by atoms with E-state index in [4.69, 9.17) is 4.74 Å². The molecule has 0 aromatic carbocycles. The number of carbonyl (C=O) groups excluding carboxylic acids is 2. The number of allylic oxidation sites excluding steroid dienone is 2. The van der Waals surface area contributed by atoms with Gasteiger partial charge in [0.2, 0.25) is 0 Å². The maximum absolute atomic E-state index is 14.4. The molecule has 5 aliphatic carbocycles. The van der Waals surface area contributed by atoms with E-state index in [0.717, 1.165) is 44.9 Å². The Hall–Kier alpha value is -1.65. The molecule has 0 heterocycles. The molecule has 0 aliphatic heterocycles. The third-order valence-electron chi connectivity index (χ3n) is 13.3. The van der Waals surface area contributed by atoms with Crippen molar-refractivity contribution < 1.29 is 24.2 Å². The minimum absolute atomic E-state index is 0.0644. The van der Waals surface area contributed by atoms with Crippen LogP contribution >= 0.6 is 0 Å². The molecule has 0 unspecified atom stereocenters. The van der Waals surface area contributed by atoms with Gasteiger partial charge in [0.15, 0.2) is 5.78 Å². The lowest BCUT2D eigenvalue weighted by Crippen LogP contribution is -2.66. The lowest BCUT2D eigenvalue weighted by atomic mass is 9.33. The molecule has 9 atom stereocenters. The molecule has 37 heavy (non-hydrogen) atoms. The summed E-state index contributed by atoms with van der Waals surface area (Å²) >= 11 is 0. The van der Waals surface area contributed by atoms with Crippen LogP contribution in [0.15, 0.2) is 11.6 Å². The second-order valence-corrected chi connectivity index (χ2v) is 15.5. The molecule has 0 bridgehead atoms. The number of rotatable bonds is 2. The van der Waals surface area contributed by atoms with Crippen LogP contribution in [0.1, 0.15) is 113 Å². The highest BCUT2D eigenvalue weighted by atomic mass is 16.5. The zero-order chi connectivity index (χ0) is 27.4. The average molecular weight is 513 g/mol. The minimum atomic E-state index is -0.729. The maximum atomic E-state index is 14.4. The molecule has 5 rings (SSSR count). The van der Waals surface area contributed by atoms with Crippen molar-refractivity contribution in [2.24, 2.45) is 50.2 Å². The molecule has 0 saturated heterocycles. The quantitative estimate of drug-likeness (QED) is 0.404. The Morgan fingerprint density at radius 1 is 0.919 bits per heavy atom. The summed E-state index contributed by atoms with van der Waals surface area (Å²) in [6, 6.07) is 0. The van der Waals surface area contributed by atoms with Crippen molar-refractivity contribution in [2.45, 2.75) is 119 Å². The van der Waals surface area contributed by atoms with Crippen molar-refractivity contribution in [3.63, 3.8) is 0 Å². The second kappa shape index (κ2) is 7.94. The van der Waals surface area contributed by atoms with Crippen molar-refractivity contribution in [1.29, 1.82) is 0 Å². The molecule has 0 amide bonds. The molecule has 206 valence electrons. The van der Waals surface area contributed by atoms with Crippen LogP contribution in [0.25, 0.3) is 0 Å². The molecule has 4 saturated carbocycles. The average Bonchev–Trinajstić information content (AvgIpc) is 2.78. The van der Waals surface area contributed by atoms with E-state index in [1.807, 2.05) is 13.0 Å². The predicted molar refractivity (Wildman–Crippen MR) is 143 cm³/mol. The predicted octanol–water partition coefficient (Wildman–Crippen LogP) is 6.98. The van der Waals surface area contributed by atoms with Gasteiger partial charge in [-0.05, 0) is 104 Å². The van der Waals surface area contributed by atoms with Gasteiger partial charge in [0, 0.05) is 18.3 Å². The number of fused-ring (bicyclic) bond motifs is 7. The van der Waals surface area contributed by atoms with E-state index in [0.29, 0.717) is 18.8 Å². The van der Waals surface area contributed by atoms with Crippen LogP contribution in [0.4, 0.5) is 0 Å². The Labute approximate surface area is 223 Å². The van der Waals surface area contributed by atoms with E-state index in [1.54, 1.807) is 0 Å². The summed E-state index contributed by atoms with van der Waals surface area (Å²) < 4.78 is 5.82. The maximum Gasteiger partial charge on any atom is 0.309 e. The smallest absolute Gasteiger partial charge is 0.309 e. The first-order valence-corrected chi connectivity index (χ1v) is 14.6. The molecule has 5 heteroatoms. The van der Waals surface area contributed by atoms with Crippen LogP contribution < -0.4 is 0 Å². The van der Waals surface area contributed by atoms with Gasteiger partial charge in [-0.1, -0.05) is 47.1 Å². The summed E-state index contributed by atoms with van der Waals surface area (Å²) in [6.45, 7) is 17.4. The molecule has 5 aliphatic rings. The largest absolute Gasteiger partial charge is 0.481 e. The van der Waals surface area contributed by atoms with Crippen molar-refractivity contribution in [2.75, 3.05) is 0 Å². The number of aliphatic carboxylic acids is 1. The van der Waals surface area contributed by atoms with E-state index >= 15 is 0 Å². The molecule has 0 radical (unpaired) electrons. The van der Waals surface area contributed by atoms with Gasteiger partial charge in [0.1, 0.15) is 6.10 Å². The number of ether oxygens (including phenoxy) is 1. The lowest BCUT2D eigenvalue weighted by molar-refractivity contribution is -0.210. The Balaban J connectivity index is 1.58. The normalized spacial score (nSPS) is 50.5. The Bertz CT molecular complexity index is 1070. The van der Waals surface area contributed by atoms with Crippen LogP contribution in [0, 0.1) is 50.2 Å². The molecule has 5 nitrogen and oxygen atoms in total. The molecule has 0 aromatic heterocycles. The van der Waals surface area contributed by atoms with E-state index in [2.05, 4.69) is 41.5 Å². The fraction of sp³-hybridized carbons (Fsp3) is 0.844. The molecular weight excluding hydrogens is 464 g/mol. The van der Waals surface area contributed by atoms with Gasteiger partial charge in [-0.3, -0.25) is 14.4 Å². The fourth-order valence-corrected chi connectivity index (χ4v) is 10.8. The highest BCUT2D eigenvalue weighted by Gasteiger charge is 2.70. The van der Waals surface area contributed by atoms with Crippen molar-refractivity contribution in [3.05, 3.63) is 11.6 Å². The summed E-state index contributed by atoms with van der Waals surface area (Å²) in [5.74, 6) is -0.280. The van der Waals surface area contributed by atoms with Crippen LogP contribution in [0.5, 0.6) is 0 Å². The summed E-state index contributed by atoms with van der Waals surface area (Å²) in [5, 5.41) is 10.1. The summed E-state index contributed by atoms with van der Waals surface area (Å²) in [7, 11) is 0. The number of ketones is 1. The van der Waals surface area contributed by atoms with E-state index in [-0.39, 0.29) is 56.8 Å². The Kier molecular flexibility index (Phi) is 5.78. The van der Waals surface area contributed by atoms with Gasteiger partial charge < -0.3 is 9.84 Å². The standard InChI is InChI=1S/C32H48O5/c1-19(33)37-24-10-11-30(6)23(27(24,2)3)9-12-32(8)25(30)22(34)17-20-21-18-29(5,26(35)36)14-13-28(21,4)15-16-31(20,32)7/h17,21,23-25H,9-16,18H2,1-8H3,(H,35,36)/t21-,23-,24+,25-,28-,29-,30+,31-,32-/m1/s1. The third-order valence-corrected chi connectivity index (χ3v) is 13.3. The summed E-state index contributed by atoms with van der Waals surface area (Å²) in [6.07, 6.45) is 10.0. The topological polar surface area (TPSA) is 80.7 Å². The zero-order valence-corrected chi connectivity index (χ0v) is 24.3. The lowest BCUT2D eigenvalue weighted by Gasteiger charge is -2.70.